The highest BCUT2D eigenvalue weighted by atomic mass is 19.4. The summed E-state index contributed by atoms with van der Waals surface area (Å²) in [5, 5.41) is 7.97. The molecule has 29 heavy (non-hydrogen) atoms. The predicted octanol–water partition coefficient (Wildman–Crippen LogP) is 4.43. The summed E-state index contributed by atoms with van der Waals surface area (Å²) in [5.74, 6) is 0.452. The summed E-state index contributed by atoms with van der Waals surface area (Å²) in [6.07, 6.45) is -3.23. The Morgan fingerprint density at radius 3 is 2.59 bits per heavy atom. The molecule has 0 aliphatic carbocycles. The van der Waals surface area contributed by atoms with Crippen molar-refractivity contribution >= 4 is 22.7 Å². The zero-order valence-corrected chi connectivity index (χ0v) is 15.3. The molecule has 2 heterocycles. The van der Waals surface area contributed by atoms with Crippen LogP contribution >= 0.6 is 0 Å². The molecule has 1 aliphatic rings. The van der Waals surface area contributed by atoms with Gasteiger partial charge in [-0.05, 0) is 41.8 Å². The highest BCUT2D eigenvalue weighted by molar-refractivity contribution is 5.91. The van der Waals surface area contributed by atoms with Crippen molar-refractivity contribution in [2.45, 2.75) is 19.2 Å². The van der Waals surface area contributed by atoms with Crippen molar-refractivity contribution in [3.05, 3.63) is 42.5 Å². The Hall–Kier alpha value is -3.23. The van der Waals surface area contributed by atoms with Gasteiger partial charge in [0, 0.05) is 26.1 Å². The first-order valence-corrected chi connectivity index (χ1v) is 9.16. The lowest BCUT2D eigenvalue weighted by molar-refractivity contribution is -0.274. The predicted molar refractivity (Wildman–Crippen MR) is 100 cm³/mol. The molecule has 1 N–H and O–H groups in total. The standard InChI is InChI=1S/C20H18F3N3O3/c21-20(22,23)28-15-6-3-13(4-7-15)14-5-8-17-16(12-14)19(25-29-17)24-9-11-26-10-1-2-18(26)27/h3-8,12H,1-2,9-11H2,(H,24,25). The third kappa shape index (κ3) is 4.44. The molecule has 0 bridgehead atoms. The Kier molecular flexibility index (Phi) is 5.04. The first-order valence-electron chi connectivity index (χ1n) is 9.16. The van der Waals surface area contributed by atoms with Gasteiger partial charge in [0.25, 0.3) is 0 Å². The summed E-state index contributed by atoms with van der Waals surface area (Å²) in [7, 11) is 0. The van der Waals surface area contributed by atoms with Gasteiger partial charge in [0.15, 0.2) is 11.4 Å². The summed E-state index contributed by atoms with van der Waals surface area (Å²) < 4.78 is 46.1. The summed E-state index contributed by atoms with van der Waals surface area (Å²) in [5.41, 5.74) is 2.12. The van der Waals surface area contributed by atoms with E-state index in [2.05, 4.69) is 15.2 Å². The second kappa shape index (κ2) is 7.65. The Labute approximate surface area is 164 Å². The number of hydrogen-bond acceptors (Lipinski definition) is 5. The third-order valence-electron chi connectivity index (χ3n) is 4.74. The lowest BCUT2D eigenvalue weighted by Crippen LogP contribution is -2.30. The van der Waals surface area contributed by atoms with Gasteiger partial charge in [-0.25, -0.2) is 0 Å². The van der Waals surface area contributed by atoms with Crippen LogP contribution in [-0.2, 0) is 4.79 Å². The van der Waals surface area contributed by atoms with E-state index in [4.69, 9.17) is 4.52 Å². The van der Waals surface area contributed by atoms with E-state index in [-0.39, 0.29) is 11.7 Å². The van der Waals surface area contributed by atoms with Crippen molar-refractivity contribution in [3.63, 3.8) is 0 Å². The second-order valence-corrected chi connectivity index (χ2v) is 6.73. The Bertz CT molecular complexity index is 1020. The molecule has 4 rings (SSSR count). The van der Waals surface area contributed by atoms with Gasteiger partial charge in [-0.3, -0.25) is 4.79 Å². The topological polar surface area (TPSA) is 67.6 Å². The van der Waals surface area contributed by atoms with Crippen LogP contribution in [0, 0.1) is 0 Å². The minimum atomic E-state index is -4.72. The number of hydrogen-bond donors (Lipinski definition) is 1. The number of nitrogens with one attached hydrogen (secondary N) is 1. The molecule has 1 fully saturated rings. The number of likely N-dealkylation sites (tertiary alicyclic amines) is 1. The lowest BCUT2D eigenvalue weighted by atomic mass is 10.0. The van der Waals surface area contributed by atoms with Gasteiger partial charge in [0.1, 0.15) is 5.75 Å². The van der Waals surface area contributed by atoms with Crippen LogP contribution in [0.3, 0.4) is 0 Å². The molecule has 0 spiro atoms. The molecule has 1 saturated heterocycles. The number of amides is 1. The van der Waals surface area contributed by atoms with Crippen LogP contribution in [0.5, 0.6) is 5.75 Å². The van der Waals surface area contributed by atoms with Gasteiger partial charge < -0.3 is 19.5 Å². The average Bonchev–Trinajstić information content (AvgIpc) is 3.27. The van der Waals surface area contributed by atoms with Crippen molar-refractivity contribution in [1.29, 1.82) is 0 Å². The molecular weight excluding hydrogens is 387 g/mol. The maximum atomic E-state index is 12.3. The molecular formula is C20H18F3N3O3. The largest absolute Gasteiger partial charge is 0.573 e. The molecule has 3 aromatic rings. The first kappa shape index (κ1) is 19.1. The molecule has 152 valence electrons. The van der Waals surface area contributed by atoms with E-state index >= 15 is 0 Å². The van der Waals surface area contributed by atoms with E-state index in [0.717, 1.165) is 29.5 Å². The van der Waals surface area contributed by atoms with E-state index in [1.807, 2.05) is 11.0 Å². The number of nitrogens with zero attached hydrogens (tertiary/aromatic N) is 2. The molecule has 0 atom stereocenters. The molecule has 0 unspecified atom stereocenters. The SMILES string of the molecule is O=C1CCCN1CCNc1noc2ccc(-c3ccc(OC(F)(F)F)cc3)cc12. The molecule has 1 aromatic heterocycles. The molecule has 9 heteroatoms. The number of aromatic nitrogens is 1. The number of halogens is 3. The van der Waals surface area contributed by atoms with E-state index in [9.17, 15) is 18.0 Å². The third-order valence-corrected chi connectivity index (χ3v) is 4.74. The van der Waals surface area contributed by atoms with Gasteiger partial charge in [-0.15, -0.1) is 13.2 Å². The Morgan fingerprint density at radius 2 is 1.90 bits per heavy atom. The van der Waals surface area contributed by atoms with Crippen LogP contribution in [0.15, 0.2) is 47.0 Å². The molecule has 1 amide bonds. The monoisotopic (exact) mass is 405 g/mol. The smallest absolute Gasteiger partial charge is 0.406 e. The first-order chi connectivity index (χ1) is 13.9. The number of carbonyl (C=O) groups excluding carboxylic acids is 1. The van der Waals surface area contributed by atoms with Crippen LogP contribution < -0.4 is 10.1 Å². The number of anilines is 1. The van der Waals surface area contributed by atoms with E-state index in [0.29, 0.717) is 30.9 Å². The van der Waals surface area contributed by atoms with E-state index in [1.54, 1.807) is 24.3 Å². The van der Waals surface area contributed by atoms with Crippen molar-refractivity contribution in [1.82, 2.24) is 10.1 Å². The van der Waals surface area contributed by atoms with Crippen LogP contribution in [0.2, 0.25) is 0 Å². The van der Waals surface area contributed by atoms with Crippen molar-refractivity contribution in [2.24, 2.45) is 0 Å². The van der Waals surface area contributed by atoms with Crippen LogP contribution in [0.25, 0.3) is 22.1 Å². The normalized spacial score (nSPS) is 14.6. The fourth-order valence-corrected chi connectivity index (χ4v) is 3.34. The van der Waals surface area contributed by atoms with Gasteiger partial charge in [-0.2, -0.15) is 0 Å². The van der Waals surface area contributed by atoms with Crippen LogP contribution in [0.1, 0.15) is 12.8 Å². The fourth-order valence-electron chi connectivity index (χ4n) is 3.34. The maximum Gasteiger partial charge on any atom is 0.573 e. The summed E-state index contributed by atoms with van der Waals surface area (Å²) in [4.78, 5) is 13.5. The molecule has 1 aliphatic heterocycles. The Morgan fingerprint density at radius 1 is 1.14 bits per heavy atom. The minimum Gasteiger partial charge on any atom is -0.406 e. The number of alkyl halides is 3. The molecule has 6 nitrogen and oxygen atoms in total. The zero-order chi connectivity index (χ0) is 20.4. The average molecular weight is 405 g/mol. The number of ether oxygens (including phenoxy) is 1. The maximum absolute atomic E-state index is 12.3. The molecule has 0 radical (unpaired) electrons. The van der Waals surface area contributed by atoms with E-state index < -0.39 is 6.36 Å². The second-order valence-electron chi connectivity index (χ2n) is 6.73. The Balaban J connectivity index is 1.48. The van der Waals surface area contributed by atoms with Gasteiger partial charge in [0.05, 0.1) is 5.39 Å². The van der Waals surface area contributed by atoms with Crippen molar-refractivity contribution < 1.29 is 27.2 Å². The lowest BCUT2D eigenvalue weighted by Gasteiger charge is -2.15. The zero-order valence-electron chi connectivity index (χ0n) is 15.3. The minimum absolute atomic E-state index is 0.164. The van der Waals surface area contributed by atoms with Gasteiger partial charge >= 0.3 is 6.36 Å². The fraction of sp³-hybridized carbons (Fsp3) is 0.300. The number of fused-ring (bicyclic) bond motifs is 1. The number of rotatable bonds is 6. The quantitative estimate of drug-likeness (QED) is 0.657. The van der Waals surface area contributed by atoms with Crippen molar-refractivity contribution in [2.75, 3.05) is 25.0 Å². The highest BCUT2D eigenvalue weighted by Crippen LogP contribution is 2.31. The molecule has 0 saturated carbocycles. The number of carbonyl (C=O) groups is 1. The molecule has 2 aromatic carbocycles. The number of benzene rings is 2. The highest BCUT2D eigenvalue weighted by Gasteiger charge is 2.31. The van der Waals surface area contributed by atoms with Crippen LogP contribution in [-0.4, -0.2) is 42.0 Å². The van der Waals surface area contributed by atoms with Gasteiger partial charge in [-0.1, -0.05) is 23.4 Å². The summed E-state index contributed by atoms with van der Waals surface area (Å²) in [6, 6.07) is 11.1. The van der Waals surface area contributed by atoms with E-state index in [1.165, 1.54) is 12.1 Å². The van der Waals surface area contributed by atoms with Gasteiger partial charge in [0.2, 0.25) is 5.91 Å². The summed E-state index contributed by atoms with van der Waals surface area (Å²) in [6.45, 7) is 1.91. The summed E-state index contributed by atoms with van der Waals surface area (Å²) >= 11 is 0. The van der Waals surface area contributed by atoms with Crippen molar-refractivity contribution in [3.8, 4) is 16.9 Å². The van der Waals surface area contributed by atoms with Crippen LogP contribution in [0.4, 0.5) is 19.0 Å².